The summed E-state index contributed by atoms with van der Waals surface area (Å²) in [6.07, 6.45) is 6.30. The minimum atomic E-state index is 0.0678. The summed E-state index contributed by atoms with van der Waals surface area (Å²) in [5.74, 6) is 2.38. The van der Waals surface area contributed by atoms with E-state index >= 15 is 0 Å². The molecule has 1 heterocycles. The Kier molecular flexibility index (Phi) is 4.35. The topological polar surface area (TPSA) is 18.5 Å². The van der Waals surface area contributed by atoms with Crippen LogP contribution in [0.15, 0.2) is 18.2 Å². The number of ether oxygens (including phenoxy) is 2. The Balaban J connectivity index is 1.87. The summed E-state index contributed by atoms with van der Waals surface area (Å²) in [5, 5.41) is 0.0678. The van der Waals surface area contributed by atoms with E-state index in [1.165, 1.54) is 37.7 Å². The van der Waals surface area contributed by atoms with Crippen LogP contribution in [-0.4, -0.2) is 13.2 Å². The van der Waals surface area contributed by atoms with E-state index in [0.29, 0.717) is 19.1 Å². The van der Waals surface area contributed by atoms with Crippen molar-refractivity contribution >= 4 is 11.6 Å². The summed E-state index contributed by atoms with van der Waals surface area (Å²) in [7, 11) is 0. The number of hydrogen-bond donors (Lipinski definition) is 0. The van der Waals surface area contributed by atoms with Gasteiger partial charge in [-0.2, -0.15) is 0 Å². The molecule has 1 aromatic carbocycles. The Bertz CT molecular complexity index is 492. The van der Waals surface area contributed by atoms with Gasteiger partial charge in [-0.05, 0) is 48.3 Å². The van der Waals surface area contributed by atoms with Crippen LogP contribution in [0.2, 0.25) is 0 Å². The van der Waals surface area contributed by atoms with Crippen LogP contribution in [0.3, 0.4) is 0 Å². The Morgan fingerprint density at radius 2 is 1.76 bits per heavy atom. The van der Waals surface area contributed by atoms with Crippen LogP contribution < -0.4 is 9.47 Å². The molecule has 1 unspecified atom stereocenters. The van der Waals surface area contributed by atoms with Crippen LogP contribution in [0.5, 0.6) is 11.5 Å². The van der Waals surface area contributed by atoms with E-state index in [0.717, 1.165) is 11.5 Å². The number of halogens is 1. The van der Waals surface area contributed by atoms with Gasteiger partial charge in [-0.25, -0.2) is 0 Å². The third-order valence-electron chi connectivity index (χ3n) is 4.81. The first-order valence-electron chi connectivity index (χ1n) is 8.14. The highest BCUT2D eigenvalue weighted by Crippen LogP contribution is 2.55. The smallest absolute Gasteiger partial charge is 0.161 e. The SMILES string of the molecule is CC(C)CC1(C(Cl)c2ccc3c(c2)OCCO3)CCCC1. The van der Waals surface area contributed by atoms with E-state index in [1.54, 1.807) is 0 Å². The zero-order chi connectivity index (χ0) is 14.9. The molecule has 0 amide bonds. The van der Waals surface area contributed by atoms with Gasteiger partial charge in [0, 0.05) is 0 Å². The maximum atomic E-state index is 6.96. The third-order valence-corrected chi connectivity index (χ3v) is 5.53. The van der Waals surface area contributed by atoms with E-state index in [4.69, 9.17) is 21.1 Å². The average molecular weight is 309 g/mol. The molecule has 3 rings (SSSR count). The van der Waals surface area contributed by atoms with Crippen LogP contribution in [0, 0.1) is 11.3 Å². The summed E-state index contributed by atoms with van der Waals surface area (Å²) in [6.45, 7) is 5.86. The van der Waals surface area contributed by atoms with E-state index in [1.807, 2.05) is 6.07 Å². The molecule has 1 fully saturated rings. The Hall–Kier alpha value is -0.890. The van der Waals surface area contributed by atoms with Gasteiger partial charge in [0.2, 0.25) is 0 Å². The molecule has 21 heavy (non-hydrogen) atoms. The lowest BCUT2D eigenvalue weighted by atomic mass is 9.73. The molecule has 0 spiro atoms. The minimum Gasteiger partial charge on any atom is -0.486 e. The normalized spacial score (nSPS) is 21.5. The Labute approximate surface area is 132 Å². The second kappa shape index (κ2) is 6.08. The number of fused-ring (bicyclic) bond motifs is 1. The van der Waals surface area contributed by atoms with Crippen molar-refractivity contribution in [2.45, 2.75) is 51.3 Å². The van der Waals surface area contributed by atoms with Crippen molar-refractivity contribution in [1.82, 2.24) is 0 Å². The van der Waals surface area contributed by atoms with Gasteiger partial charge in [0.05, 0.1) is 5.38 Å². The van der Waals surface area contributed by atoms with E-state index in [9.17, 15) is 0 Å². The predicted molar refractivity (Wildman–Crippen MR) is 86.4 cm³/mol. The molecule has 1 aliphatic heterocycles. The highest BCUT2D eigenvalue weighted by molar-refractivity contribution is 6.21. The van der Waals surface area contributed by atoms with E-state index < -0.39 is 0 Å². The van der Waals surface area contributed by atoms with Gasteiger partial charge in [0.15, 0.2) is 11.5 Å². The summed E-state index contributed by atoms with van der Waals surface area (Å²) in [6, 6.07) is 6.22. The van der Waals surface area contributed by atoms with Crippen molar-refractivity contribution in [2.75, 3.05) is 13.2 Å². The second-order valence-corrected chi connectivity index (χ2v) is 7.37. The zero-order valence-electron chi connectivity index (χ0n) is 13.0. The largest absolute Gasteiger partial charge is 0.486 e. The fraction of sp³-hybridized carbons (Fsp3) is 0.667. The van der Waals surface area contributed by atoms with E-state index in [2.05, 4.69) is 26.0 Å². The molecule has 2 aliphatic rings. The summed E-state index contributed by atoms with van der Waals surface area (Å²) in [4.78, 5) is 0. The second-order valence-electron chi connectivity index (χ2n) is 6.93. The molecule has 116 valence electrons. The van der Waals surface area contributed by atoms with Crippen LogP contribution in [0.25, 0.3) is 0 Å². The molecular formula is C18H25ClO2. The van der Waals surface area contributed by atoms with Crippen molar-refractivity contribution in [3.05, 3.63) is 23.8 Å². The lowest BCUT2D eigenvalue weighted by Gasteiger charge is -2.36. The Morgan fingerprint density at radius 3 is 2.43 bits per heavy atom. The van der Waals surface area contributed by atoms with Crippen molar-refractivity contribution < 1.29 is 9.47 Å². The number of rotatable bonds is 4. The van der Waals surface area contributed by atoms with Gasteiger partial charge >= 0.3 is 0 Å². The van der Waals surface area contributed by atoms with Crippen LogP contribution in [0.4, 0.5) is 0 Å². The van der Waals surface area contributed by atoms with Gasteiger partial charge in [0.25, 0.3) is 0 Å². The van der Waals surface area contributed by atoms with Crippen molar-refractivity contribution in [1.29, 1.82) is 0 Å². The van der Waals surface area contributed by atoms with Gasteiger partial charge in [-0.3, -0.25) is 0 Å². The summed E-state index contributed by atoms with van der Waals surface area (Å²) < 4.78 is 11.3. The maximum absolute atomic E-state index is 6.96. The highest BCUT2D eigenvalue weighted by atomic mass is 35.5. The molecule has 0 aromatic heterocycles. The van der Waals surface area contributed by atoms with Crippen LogP contribution in [-0.2, 0) is 0 Å². The number of hydrogen-bond acceptors (Lipinski definition) is 2. The molecule has 1 saturated carbocycles. The zero-order valence-corrected chi connectivity index (χ0v) is 13.8. The number of alkyl halides is 1. The quantitative estimate of drug-likeness (QED) is 0.699. The lowest BCUT2D eigenvalue weighted by molar-refractivity contribution is 0.170. The van der Waals surface area contributed by atoms with Crippen molar-refractivity contribution in [2.24, 2.45) is 11.3 Å². The predicted octanol–water partition coefficient (Wildman–Crippen LogP) is 5.34. The average Bonchev–Trinajstić information content (AvgIpc) is 2.95. The van der Waals surface area contributed by atoms with Gasteiger partial charge in [0.1, 0.15) is 13.2 Å². The number of benzene rings is 1. The minimum absolute atomic E-state index is 0.0678. The molecule has 0 radical (unpaired) electrons. The van der Waals surface area contributed by atoms with Crippen LogP contribution in [0.1, 0.15) is 56.9 Å². The highest BCUT2D eigenvalue weighted by Gasteiger charge is 2.41. The maximum Gasteiger partial charge on any atom is 0.161 e. The molecule has 0 bridgehead atoms. The molecule has 3 heteroatoms. The summed E-state index contributed by atoms with van der Waals surface area (Å²) >= 11 is 6.96. The Morgan fingerprint density at radius 1 is 1.10 bits per heavy atom. The summed E-state index contributed by atoms with van der Waals surface area (Å²) in [5.41, 5.74) is 1.43. The van der Waals surface area contributed by atoms with Gasteiger partial charge in [-0.1, -0.05) is 32.8 Å². The standard InChI is InChI=1S/C18H25ClO2/c1-13(2)12-18(7-3-4-8-18)17(19)14-5-6-15-16(11-14)21-10-9-20-15/h5-6,11,13,17H,3-4,7-10,12H2,1-2H3. The lowest BCUT2D eigenvalue weighted by Crippen LogP contribution is -2.25. The molecule has 2 nitrogen and oxygen atoms in total. The molecule has 0 saturated heterocycles. The monoisotopic (exact) mass is 308 g/mol. The third kappa shape index (κ3) is 3.01. The fourth-order valence-corrected chi connectivity index (χ4v) is 4.47. The molecule has 1 atom stereocenters. The van der Waals surface area contributed by atoms with Gasteiger partial charge < -0.3 is 9.47 Å². The molecular weight excluding hydrogens is 284 g/mol. The fourth-order valence-electron chi connectivity index (χ4n) is 4.02. The first kappa shape index (κ1) is 15.0. The van der Waals surface area contributed by atoms with Gasteiger partial charge in [-0.15, -0.1) is 11.6 Å². The first-order valence-corrected chi connectivity index (χ1v) is 8.58. The van der Waals surface area contributed by atoms with Crippen molar-refractivity contribution in [3.63, 3.8) is 0 Å². The van der Waals surface area contributed by atoms with Crippen molar-refractivity contribution in [3.8, 4) is 11.5 Å². The van der Waals surface area contributed by atoms with E-state index in [-0.39, 0.29) is 10.8 Å². The first-order chi connectivity index (χ1) is 10.1. The molecule has 0 N–H and O–H groups in total. The molecule has 1 aliphatic carbocycles. The molecule has 1 aromatic rings. The van der Waals surface area contributed by atoms with Crippen LogP contribution >= 0.6 is 11.6 Å².